The number of fused-ring (bicyclic) bond motifs is 18. The number of rotatable bonds is 9. The molecule has 3 atom stereocenters. The van der Waals surface area contributed by atoms with Gasteiger partial charge in [0.1, 0.15) is 30.5 Å². The number of likely N-dealkylation sites (tertiary alicyclic amines) is 1. The summed E-state index contributed by atoms with van der Waals surface area (Å²) in [5.41, 5.74) is 2.44. The summed E-state index contributed by atoms with van der Waals surface area (Å²) in [6, 6.07) is 11.9. The number of piperidine rings is 1. The summed E-state index contributed by atoms with van der Waals surface area (Å²) in [4.78, 5) is 75.6. The zero-order valence-electron chi connectivity index (χ0n) is 31.0. The highest BCUT2D eigenvalue weighted by molar-refractivity contribution is 5.95. The molecule has 53 heavy (non-hydrogen) atoms. The van der Waals surface area contributed by atoms with Crippen LogP contribution in [0.1, 0.15) is 44.2 Å². The number of hydrogen-bond acceptors (Lipinski definition) is 8. The number of carbonyl (C=O) groups excluding carboxylic acids is 5. The third-order valence-corrected chi connectivity index (χ3v) is 9.69. The second-order valence-corrected chi connectivity index (χ2v) is 14.1. The highest BCUT2D eigenvalue weighted by Crippen LogP contribution is 2.21. The van der Waals surface area contributed by atoms with Gasteiger partial charge in [0.05, 0.1) is 26.2 Å². The van der Waals surface area contributed by atoms with Crippen LogP contribution in [0.2, 0.25) is 0 Å². The number of carbonyl (C=O) groups is 5. The summed E-state index contributed by atoms with van der Waals surface area (Å²) in [7, 11) is 1.50. The number of benzene rings is 2. The van der Waals surface area contributed by atoms with Crippen LogP contribution in [0.15, 0.2) is 54.7 Å². The number of nitrogens with one attached hydrogen (secondary N) is 5. The fourth-order valence-corrected chi connectivity index (χ4v) is 6.79. The third kappa shape index (κ3) is 11.3. The smallest absolute Gasteiger partial charge is 0.246 e. The number of methoxy groups -OCH3 is 1. The second-order valence-electron chi connectivity index (χ2n) is 14.1. The molecule has 0 aliphatic carbocycles. The van der Waals surface area contributed by atoms with Crippen molar-refractivity contribution < 1.29 is 33.4 Å². The molecule has 1 fully saturated rings. The zero-order valence-corrected chi connectivity index (χ0v) is 31.0. The molecule has 2 bridgehead atoms. The van der Waals surface area contributed by atoms with Crippen molar-refractivity contribution >= 4 is 40.4 Å². The largest absolute Gasteiger partial charge is 0.492 e. The van der Waals surface area contributed by atoms with Gasteiger partial charge in [-0.2, -0.15) is 0 Å². The summed E-state index contributed by atoms with van der Waals surface area (Å²) in [6.07, 6.45) is 5.24. The van der Waals surface area contributed by atoms with Crippen molar-refractivity contribution in [1.29, 1.82) is 0 Å². The normalized spacial score (nSPS) is 21.5. The average molecular weight is 732 g/mol. The SMILES string of the molecule is COCCN1CC(=O)N[C@@H](C(C)C)C(=O)NCCOc2ccc(cc2)C[C@H](NC(=O)CN2CCCCC2)C(=O)N[C@@H](Cc2c[nH]c3ccccc23)C1=O. The van der Waals surface area contributed by atoms with Crippen molar-refractivity contribution in [3.63, 3.8) is 0 Å². The molecule has 3 aliphatic rings. The number of hydrogen-bond donors (Lipinski definition) is 5. The van der Waals surface area contributed by atoms with Crippen LogP contribution in [-0.2, 0) is 41.6 Å². The van der Waals surface area contributed by atoms with Crippen molar-refractivity contribution in [3.05, 3.63) is 65.9 Å². The number of H-pyrrole nitrogens is 1. The minimum atomic E-state index is -1.11. The first-order chi connectivity index (χ1) is 25.6. The molecule has 4 heterocycles. The molecule has 1 saturated heterocycles. The van der Waals surface area contributed by atoms with E-state index in [1.165, 1.54) is 12.0 Å². The number of aromatic nitrogens is 1. The maximum Gasteiger partial charge on any atom is 0.246 e. The van der Waals surface area contributed by atoms with Gasteiger partial charge in [0, 0.05) is 43.6 Å². The third-order valence-electron chi connectivity index (χ3n) is 9.69. The molecule has 2 aromatic carbocycles. The van der Waals surface area contributed by atoms with Crippen molar-refractivity contribution in [2.24, 2.45) is 5.92 Å². The number of amides is 5. The maximum atomic E-state index is 14.5. The molecular formula is C39H53N7O7. The molecule has 0 saturated carbocycles. The van der Waals surface area contributed by atoms with Crippen LogP contribution in [-0.4, -0.2) is 122 Å². The highest BCUT2D eigenvalue weighted by Gasteiger charge is 2.33. The number of aromatic amines is 1. The summed E-state index contributed by atoms with van der Waals surface area (Å²) in [5.74, 6) is -1.89. The first-order valence-corrected chi connectivity index (χ1v) is 18.5. The van der Waals surface area contributed by atoms with E-state index in [0.717, 1.165) is 54.4 Å². The van der Waals surface area contributed by atoms with Crippen LogP contribution >= 0.6 is 0 Å². The van der Waals surface area contributed by atoms with E-state index in [1.807, 2.05) is 50.2 Å². The maximum absolute atomic E-state index is 14.5. The fourth-order valence-electron chi connectivity index (χ4n) is 6.79. The lowest BCUT2D eigenvalue weighted by Gasteiger charge is -2.30. The quantitative estimate of drug-likeness (QED) is 0.206. The van der Waals surface area contributed by atoms with Gasteiger partial charge in [-0.25, -0.2) is 0 Å². The van der Waals surface area contributed by atoms with E-state index in [-0.39, 0.29) is 70.0 Å². The summed E-state index contributed by atoms with van der Waals surface area (Å²) < 4.78 is 11.1. The van der Waals surface area contributed by atoms with E-state index in [1.54, 1.807) is 18.3 Å². The number of nitrogens with zero attached hydrogens (tertiary/aromatic N) is 2. The summed E-state index contributed by atoms with van der Waals surface area (Å²) in [5, 5.41) is 12.4. The molecular weight excluding hydrogens is 678 g/mol. The molecule has 3 aliphatic heterocycles. The van der Waals surface area contributed by atoms with Gasteiger partial charge < -0.3 is 40.6 Å². The van der Waals surface area contributed by atoms with Crippen molar-refractivity contribution in [3.8, 4) is 5.75 Å². The zero-order chi connectivity index (χ0) is 37.7. The van der Waals surface area contributed by atoms with Crippen LogP contribution in [0.4, 0.5) is 0 Å². The van der Waals surface area contributed by atoms with Gasteiger partial charge in [-0.15, -0.1) is 0 Å². The van der Waals surface area contributed by atoms with Gasteiger partial charge in [-0.3, -0.25) is 28.9 Å². The van der Waals surface area contributed by atoms with Gasteiger partial charge >= 0.3 is 0 Å². The summed E-state index contributed by atoms with van der Waals surface area (Å²) in [6.45, 7) is 5.67. The van der Waals surface area contributed by atoms with Gasteiger partial charge in [0.2, 0.25) is 29.5 Å². The van der Waals surface area contributed by atoms with Gasteiger partial charge in [-0.05, 0) is 61.2 Å². The van der Waals surface area contributed by atoms with Gasteiger partial charge in [0.15, 0.2) is 0 Å². The molecule has 286 valence electrons. The molecule has 5 amide bonds. The number of ether oxygens (including phenoxy) is 2. The minimum absolute atomic E-state index is 0.0568. The van der Waals surface area contributed by atoms with Crippen LogP contribution < -0.4 is 26.0 Å². The van der Waals surface area contributed by atoms with E-state index in [0.29, 0.717) is 5.75 Å². The molecule has 14 nitrogen and oxygen atoms in total. The van der Waals surface area contributed by atoms with E-state index in [4.69, 9.17) is 9.47 Å². The Balaban J connectivity index is 1.48. The van der Waals surface area contributed by atoms with Gasteiger partial charge in [-0.1, -0.05) is 50.6 Å². The van der Waals surface area contributed by atoms with Crippen LogP contribution in [0.3, 0.4) is 0 Å². The summed E-state index contributed by atoms with van der Waals surface area (Å²) >= 11 is 0. The number of para-hydroxylation sites is 1. The first kappa shape index (κ1) is 39.3. The van der Waals surface area contributed by atoms with E-state index >= 15 is 0 Å². The Labute approximate surface area is 310 Å². The minimum Gasteiger partial charge on any atom is -0.492 e. The highest BCUT2D eigenvalue weighted by atomic mass is 16.5. The Hall–Kier alpha value is -4.95. The molecule has 6 rings (SSSR count). The Morgan fingerprint density at radius 1 is 0.981 bits per heavy atom. The molecule has 14 heteroatoms. The van der Waals surface area contributed by atoms with Crippen LogP contribution in [0.25, 0.3) is 10.9 Å². The Kier molecular flexibility index (Phi) is 14.2. The Morgan fingerprint density at radius 2 is 1.74 bits per heavy atom. The standard InChI is InChI=1S/C39H53N7O7/c1-26(2)36-38(50)40-15-19-53-29-13-11-27(12-14-29)21-32(42-34(47)24-45-16-7-4-8-17-45)37(49)43-33(22-28-23-41-31-10-6-5-9-30(28)31)39(51)46(18-20-52-3)25-35(48)44-36/h5-6,9-14,23,26,32-33,36,41H,4,7-8,15-22,24-25H2,1-3H3,(H,40,50)(H,42,47)(H,43,49)(H,44,48)/t32-,33-,36-/m0/s1. The fraction of sp³-hybridized carbons (Fsp3) is 0.513. The van der Waals surface area contributed by atoms with Crippen molar-refractivity contribution in [2.75, 3.05) is 59.6 Å². The topological polar surface area (TPSA) is 174 Å². The molecule has 1 aromatic heterocycles. The Morgan fingerprint density at radius 3 is 2.47 bits per heavy atom. The van der Waals surface area contributed by atoms with Gasteiger partial charge in [0.25, 0.3) is 0 Å². The molecule has 0 spiro atoms. The molecule has 3 aromatic rings. The van der Waals surface area contributed by atoms with E-state index < -0.39 is 35.8 Å². The lowest BCUT2D eigenvalue weighted by molar-refractivity contribution is -0.141. The first-order valence-electron chi connectivity index (χ1n) is 18.5. The second kappa shape index (κ2) is 19.2. The lowest BCUT2D eigenvalue weighted by atomic mass is 10.0. The monoisotopic (exact) mass is 731 g/mol. The Bertz CT molecular complexity index is 1700. The predicted octanol–water partition coefficient (Wildman–Crippen LogP) is 1.53. The van der Waals surface area contributed by atoms with Crippen molar-refractivity contribution in [1.82, 2.24) is 36.1 Å². The van der Waals surface area contributed by atoms with Crippen LogP contribution in [0.5, 0.6) is 5.75 Å². The molecule has 0 unspecified atom stereocenters. The average Bonchev–Trinajstić information content (AvgIpc) is 3.56. The van der Waals surface area contributed by atoms with E-state index in [2.05, 4.69) is 31.2 Å². The lowest BCUT2D eigenvalue weighted by Crippen LogP contribution is -2.58. The van der Waals surface area contributed by atoms with Crippen LogP contribution in [0, 0.1) is 5.92 Å². The predicted molar refractivity (Wildman–Crippen MR) is 200 cm³/mol. The molecule has 0 radical (unpaired) electrons. The van der Waals surface area contributed by atoms with E-state index in [9.17, 15) is 24.0 Å². The molecule has 5 N–H and O–H groups in total. The van der Waals surface area contributed by atoms with Crippen molar-refractivity contribution in [2.45, 2.75) is 64.1 Å².